The van der Waals surface area contributed by atoms with Crippen LogP contribution in [0.2, 0.25) is 0 Å². The van der Waals surface area contributed by atoms with E-state index >= 15 is 0 Å². The zero-order chi connectivity index (χ0) is 19.5. The Hall–Kier alpha value is -2.04. The van der Waals surface area contributed by atoms with Crippen LogP contribution in [-0.2, 0) is 9.53 Å². The van der Waals surface area contributed by atoms with Gasteiger partial charge in [0, 0.05) is 19.0 Å². The third kappa shape index (κ3) is 2.90. The molecule has 5 heteroatoms. The van der Waals surface area contributed by atoms with E-state index in [1.807, 2.05) is 0 Å². The maximum absolute atomic E-state index is 12.9. The molecule has 5 nitrogen and oxygen atoms in total. The summed E-state index contributed by atoms with van der Waals surface area (Å²) in [6, 6.07) is 6.81. The Bertz CT molecular complexity index is 811. The number of hydrogen-bond donors (Lipinski definition) is 1. The lowest BCUT2D eigenvalue weighted by atomic mass is 9.55. The fraction of sp³-hybridized carbons (Fsp3) is 0.652. The first-order valence-corrected chi connectivity index (χ1v) is 10.7. The Labute approximate surface area is 166 Å². The topological polar surface area (TPSA) is 58.6 Å². The molecule has 28 heavy (non-hydrogen) atoms. The van der Waals surface area contributed by atoms with Gasteiger partial charge in [-0.1, -0.05) is 23.8 Å². The Morgan fingerprint density at radius 2 is 1.86 bits per heavy atom. The first kappa shape index (κ1) is 18.0. The molecule has 2 aliphatic heterocycles. The number of cyclic esters (lactones) is 1. The molecule has 2 spiro atoms. The zero-order valence-corrected chi connectivity index (χ0v) is 16.9. The fourth-order valence-corrected chi connectivity index (χ4v) is 6.04. The van der Waals surface area contributed by atoms with Gasteiger partial charge >= 0.3 is 6.09 Å². The minimum absolute atomic E-state index is 0.0557. The second-order valence-corrected chi connectivity index (χ2v) is 9.88. The highest BCUT2D eigenvalue weighted by Gasteiger charge is 2.54. The maximum atomic E-state index is 12.9. The molecule has 2 amide bonds. The van der Waals surface area contributed by atoms with Crippen molar-refractivity contribution in [3.8, 4) is 0 Å². The molecular formula is C23H30N2O3. The van der Waals surface area contributed by atoms with E-state index in [1.165, 1.54) is 29.5 Å². The van der Waals surface area contributed by atoms with E-state index in [0.717, 1.165) is 38.8 Å². The van der Waals surface area contributed by atoms with Crippen LogP contribution >= 0.6 is 0 Å². The van der Waals surface area contributed by atoms with Gasteiger partial charge in [-0.25, -0.2) is 4.79 Å². The van der Waals surface area contributed by atoms with Crippen LogP contribution in [0.1, 0.15) is 61.1 Å². The molecule has 2 heterocycles. The SMILES string of the molecule is Cc1ccc(C)c(C2CC3(CCN(C(=O)[C@H]4C[C@]5(COC(=O)N5)C4)CC3)C2)c1. The number of amides is 2. The number of ether oxygens (including phenoxy) is 1. The van der Waals surface area contributed by atoms with Crippen LogP contribution in [0.5, 0.6) is 0 Å². The molecule has 0 aromatic heterocycles. The van der Waals surface area contributed by atoms with E-state index in [2.05, 4.69) is 42.3 Å². The van der Waals surface area contributed by atoms with Crippen LogP contribution in [0.15, 0.2) is 18.2 Å². The van der Waals surface area contributed by atoms with E-state index in [9.17, 15) is 9.59 Å². The predicted molar refractivity (Wildman–Crippen MR) is 106 cm³/mol. The van der Waals surface area contributed by atoms with E-state index in [1.54, 1.807) is 0 Å². The van der Waals surface area contributed by atoms with Gasteiger partial charge in [-0.2, -0.15) is 0 Å². The average Bonchev–Trinajstić information content (AvgIpc) is 3.02. The first-order valence-electron chi connectivity index (χ1n) is 10.7. The Morgan fingerprint density at radius 3 is 2.50 bits per heavy atom. The lowest BCUT2D eigenvalue weighted by Gasteiger charge is -2.53. The number of nitrogens with one attached hydrogen (secondary N) is 1. The summed E-state index contributed by atoms with van der Waals surface area (Å²) in [5.74, 6) is 1.03. The van der Waals surface area contributed by atoms with Gasteiger partial charge in [0.2, 0.25) is 5.91 Å². The lowest BCUT2D eigenvalue weighted by Crippen LogP contribution is -2.59. The molecule has 1 aromatic carbocycles. The second kappa shape index (κ2) is 6.23. The summed E-state index contributed by atoms with van der Waals surface area (Å²) in [5.41, 5.74) is 4.49. The number of rotatable bonds is 2. The summed E-state index contributed by atoms with van der Waals surface area (Å²) >= 11 is 0. The molecule has 0 radical (unpaired) electrons. The number of carbonyl (C=O) groups is 2. The molecule has 4 fully saturated rings. The maximum Gasteiger partial charge on any atom is 0.407 e. The van der Waals surface area contributed by atoms with E-state index in [0.29, 0.717) is 17.9 Å². The molecule has 2 saturated carbocycles. The van der Waals surface area contributed by atoms with Crippen LogP contribution in [-0.4, -0.2) is 42.1 Å². The van der Waals surface area contributed by atoms with Crippen molar-refractivity contribution in [3.63, 3.8) is 0 Å². The summed E-state index contributed by atoms with van der Waals surface area (Å²) in [6.45, 7) is 6.60. The number of piperidine rings is 1. The van der Waals surface area contributed by atoms with E-state index in [-0.39, 0.29) is 23.5 Å². The van der Waals surface area contributed by atoms with Crippen LogP contribution < -0.4 is 5.32 Å². The van der Waals surface area contributed by atoms with Gasteiger partial charge in [0.25, 0.3) is 0 Å². The smallest absolute Gasteiger partial charge is 0.407 e. The largest absolute Gasteiger partial charge is 0.447 e. The monoisotopic (exact) mass is 382 g/mol. The van der Waals surface area contributed by atoms with E-state index in [4.69, 9.17) is 4.74 Å². The molecule has 4 aliphatic rings. The molecule has 5 rings (SSSR count). The highest BCUT2D eigenvalue weighted by Crippen LogP contribution is 2.57. The summed E-state index contributed by atoms with van der Waals surface area (Å²) in [7, 11) is 0. The third-order valence-corrected chi connectivity index (χ3v) is 7.84. The van der Waals surface area contributed by atoms with Gasteiger partial charge in [-0.15, -0.1) is 0 Å². The molecule has 0 bridgehead atoms. The number of alkyl carbamates (subject to hydrolysis) is 1. The van der Waals surface area contributed by atoms with Crippen molar-refractivity contribution in [2.45, 2.75) is 63.8 Å². The van der Waals surface area contributed by atoms with Crippen molar-refractivity contribution >= 4 is 12.0 Å². The quantitative estimate of drug-likeness (QED) is 0.849. The van der Waals surface area contributed by atoms with Crippen LogP contribution in [0.4, 0.5) is 4.79 Å². The van der Waals surface area contributed by atoms with Crippen LogP contribution in [0.3, 0.4) is 0 Å². The molecule has 1 aromatic rings. The summed E-state index contributed by atoms with van der Waals surface area (Å²) in [6.07, 6.45) is 5.94. The van der Waals surface area contributed by atoms with E-state index < -0.39 is 0 Å². The Morgan fingerprint density at radius 1 is 1.14 bits per heavy atom. The number of aryl methyl sites for hydroxylation is 2. The van der Waals surface area contributed by atoms with Crippen molar-refractivity contribution < 1.29 is 14.3 Å². The first-order chi connectivity index (χ1) is 13.4. The fourth-order valence-electron chi connectivity index (χ4n) is 6.04. The Balaban J connectivity index is 1.13. The normalized spacial score (nSPS) is 27.9. The highest BCUT2D eigenvalue weighted by molar-refractivity contribution is 5.81. The van der Waals surface area contributed by atoms with Crippen molar-refractivity contribution in [1.82, 2.24) is 10.2 Å². The Kier molecular flexibility index (Phi) is 4.01. The third-order valence-electron chi connectivity index (χ3n) is 7.84. The summed E-state index contributed by atoms with van der Waals surface area (Å²) in [5, 5.41) is 2.88. The van der Waals surface area contributed by atoms with Gasteiger partial charge in [0.1, 0.15) is 6.61 Å². The van der Waals surface area contributed by atoms with Gasteiger partial charge in [0.05, 0.1) is 5.54 Å². The molecule has 2 aliphatic carbocycles. The standard InChI is InChI=1S/C23H30N2O3/c1-15-3-4-16(2)19(9-15)17-10-22(11-17)5-7-25(8-6-22)20(26)18-12-23(13-18)14-28-21(27)24-23/h3-4,9,17-18H,5-8,10-14H2,1-2H3,(H,24,27)/t18-,23+. The van der Waals surface area contributed by atoms with Crippen LogP contribution in [0, 0.1) is 25.2 Å². The molecular weight excluding hydrogens is 352 g/mol. The van der Waals surface area contributed by atoms with Crippen molar-refractivity contribution in [2.75, 3.05) is 19.7 Å². The second-order valence-electron chi connectivity index (χ2n) is 9.88. The zero-order valence-electron chi connectivity index (χ0n) is 16.9. The van der Waals surface area contributed by atoms with Gasteiger partial charge < -0.3 is 15.0 Å². The molecule has 2 saturated heterocycles. The van der Waals surface area contributed by atoms with Gasteiger partial charge in [-0.3, -0.25) is 4.79 Å². The highest BCUT2D eigenvalue weighted by atomic mass is 16.6. The number of hydrogen-bond acceptors (Lipinski definition) is 3. The summed E-state index contributed by atoms with van der Waals surface area (Å²) in [4.78, 5) is 26.2. The van der Waals surface area contributed by atoms with Gasteiger partial charge in [0.15, 0.2) is 0 Å². The minimum Gasteiger partial charge on any atom is -0.447 e. The molecule has 1 N–H and O–H groups in total. The number of likely N-dealkylation sites (tertiary alicyclic amines) is 1. The van der Waals surface area contributed by atoms with Crippen molar-refractivity contribution in [2.24, 2.45) is 11.3 Å². The average molecular weight is 383 g/mol. The molecule has 0 unspecified atom stereocenters. The number of nitrogens with zero attached hydrogens (tertiary/aromatic N) is 1. The number of benzene rings is 1. The van der Waals surface area contributed by atoms with Crippen molar-refractivity contribution in [3.05, 3.63) is 34.9 Å². The summed E-state index contributed by atoms with van der Waals surface area (Å²) < 4.78 is 5.02. The lowest BCUT2D eigenvalue weighted by molar-refractivity contribution is -0.144. The molecule has 150 valence electrons. The van der Waals surface area contributed by atoms with Gasteiger partial charge in [-0.05, 0) is 74.8 Å². The molecule has 0 atom stereocenters. The minimum atomic E-state index is -0.339. The van der Waals surface area contributed by atoms with Crippen LogP contribution in [0.25, 0.3) is 0 Å². The number of carbonyl (C=O) groups excluding carboxylic acids is 2. The predicted octanol–water partition coefficient (Wildman–Crippen LogP) is 3.68. The van der Waals surface area contributed by atoms with Crippen molar-refractivity contribution in [1.29, 1.82) is 0 Å².